The van der Waals surface area contributed by atoms with E-state index >= 15 is 0 Å². The molecule has 10 heteroatoms. The summed E-state index contributed by atoms with van der Waals surface area (Å²) in [6.45, 7) is 4.49. The minimum Gasteiger partial charge on any atom is -0.487 e. The second-order valence-electron chi connectivity index (χ2n) is 9.50. The summed E-state index contributed by atoms with van der Waals surface area (Å²) in [5, 5.41) is 12.7. The molecule has 2 aliphatic rings. The zero-order valence-corrected chi connectivity index (χ0v) is 21.4. The molecule has 1 aromatic heterocycles. The fourth-order valence-electron chi connectivity index (χ4n) is 4.55. The molecule has 1 aliphatic heterocycles. The van der Waals surface area contributed by atoms with Crippen LogP contribution in [0.5, 0.6) is 5.75 Å². The maximum atomic E-state index is 12.5. The van der Waals surface area contributed by atoms with Gasteiger partial charge in [0.15, 0.2) is 0 Å². The van der Waals surface area contributed by atoms with Gasteiger partial charge in [-0.05, 0) is 43.8 Å². The Morgan fingerprint density at radius 3 is 2.76 bits per heavy atom. The summed E-state index contributed by atoms with van der Waals surface area (Å²) in [4.78, 5) is 33.1. The third kappa shape index (κ3) is 6.60. The van der Waals surface area contributed by atoms with Crippen molar-refractivity contribution >= 4 is 31.2 Å². The van der Waals surface area contributed by atoms with E-state index in [4.69, 9.17) is 22.3 Å². The Labute approximate surface area is 219 Å². The minimum absolute atomic E-state index is 0.00112. The van der Waals surface area contributed by atoms with E-state index in [0.29, 0.717) is 61.4 Å². The molecule has 1 aromatic carbocycles. The summed E-state index contributed by atoms with van der Waals surface area (Å²) in [5.41, 5.74) is 2.85. The van der Waals surface area contributed by atoms with Gasteiger partial charge in [-0.25, -0.2) is 4.98 Å². The Balaban J connectivity index is 1.50. The highest BCUT2D eigenvalue weighted by molar-refractivity contribution is 6.22. The zero-order chi connectivity index (χ0) is 26.4. The number of pyridine rings is 1. The highest BCUT2D eigenvalue weighted by atomic mass is 16.5. The molecule has 1 atom stereocenters. The number of amides is 2. The van der Waals surface area contributed by atoms with E-state index in [2.05, 4.69) is 16.3 Å². The normalized spacial score (nSPS) is 17.3. The lowest BCUT2D eigenvalue weighted by atomic mass is 10.0. The molecule has 2 aromatic rings. The number of piperazine rings is 1. The van der Waals surface area contributed by atoms with Gasteiger partial charge in [-0.1, -0.05) is 12.1 Å². The number of methoxy groups -OCH3 is 1. The molecule has 2 radical (unpaired) electrons. The van der Waals surface area contributed by atoms with E-state index in [9.17, 15) is 14.9 Å². The molecular formula is C27H32BN5O4. The summed E-state index contributed by atoms with van der Waals surface area (Å²) >= 11 is 0. The number of nitrogens with zero attached hydrogens (tertiary/aromatic N) is 4. The summed E-state index contributed by atoms with van der Waals surface area (Å²) in [6, 6.07) is 11.5. The zero-order valence-electron chi connectivity index (χ0n) is 21.4. The van der Waals surface area contributed by atoms with Gasteiger partial charge in [0.1, 0.15) is 24.2 Å². The Bertz CT molecular complexity index is 1180. The van der Waals surface area contributed by atoms with Gasteiger partial charge in [-0.3, -0.25) is 9.59 Å². The third-order valence-electron chi connectivity index (χ3n) is 6.64. The third-order valence-corrected chi connectivity index (χ3v) is 6.64. The van der Waals surface area contributed by atoms with Crippen molar-refractivity contribution in [2.75, 3.05) is 43.6 Å². The van der Waals surface area contributed by atoms with E-state index in [-0.39, 0.29) is 30.8 Å². The molecule has 1 aliphatic carbocycles. The van der Waals surface area contributed by atoms with Crippen molar-refractivity contribution in [3.05, 3.63) is 47.2 Å². The highest BCUT2D eigenvalue weighted by Gasteiger charge is 2.33. The van der Waals surface area contributed by atoms with Crippen LogP contribution in [0.3, 0.4) is 0 Å². The largest absolute Gasteiger partial charge is 0.487 e. The molecule has 4 rings (SSSR count). The second-order valence-corrected chi connectivity index (χ2v) is 9.50. The van der Waals surface area contributed by atoms with Crippen LogP contribution in [0.25, 0.3) is 0 Å². The van der Waals surface area contributed by atoms with E-state index < -0.39 is 0 Å². The molecule has 2 fully saturated rings. The fourth-order valence-corrected chi connectivity index (χ4v) is 4.55. The van der Waals surface area contributed by atoms with Gasteiger partial charge >= 0.3 is 0 Å². The molecule has 1 saturated heterocycles. The maximum absolute atomic E-state index is 12.5. The van der Waals surface area contributed by atoms with Crippen LogP contribution in [-0.2, 0) is 20.9 Å². The number of hydrogen-bond donors (Lipinski definition) is 1. The monoisotopic (exact) mass is 501 g/mol. The van der Waals surface area contributed by atoms with Gasteiger partial charge < -0.3 is 24.6 Å². The van der Waals surface area contributed by atoms with Crippen molar-refractivity contribution in [3.63, 3.8) is 0 Å². The predicted octanol–water partition coefficient (Wildman–Crippen LogP) is 3.01. The molecule has 0 spiro atoms. The lowest BCUT2D eigenvalue weighted by Gasteiger charge is -2.40. The Morgan fingerprint density at radius 2 is 2.08 bits per heavy atom. The summed E-state index contributed by atoms with van der Waals surface area (Å²) < 4.78 is 11.2. The van der Waals surface area contributed by atoms with Crippen LogP contribution in [0.2, 0.25) is 6.32 Å². The molecule has 9 nitrogen and oxygen atoms in total. The standard InChI is InChI=1S/C27H32BN5O4/c1-18-16-32(9-10-33(18)25(35)8-11-36-2)27-21(15-29)13-23(26(31-27)20-6-7-20)37-17-19-4-3-5-22(12-19)30-24(34)14-28/h3-5,12-13,18,20H,6-11,14,16-17H2,1-2H3,(H,30,34)/t18-/m1/s1. The van der Waals surface area contributed by atoms with Crippen LogP contribution < -0.4 is 15.0 Å². The number of benzene rings is 1. The van der Waals surface area contributed by atoms with E-state index in [1.54, 1.807) is 19.2 Å². The van der Waals surface area contributed by atoms with Gasteiger partial charge in [0, 0.05) is 50.5 Å². The molecule has 192 valence electrons. The van der Waals surface area contributed by atoms with Gasteiger partial charge in [0.25, 0.3) is 0 Å². The number of nitriles is 1. The number of ether oxygens (including phenoxy) is 2. The summed E-state index contributed by atoms with van der Waals surface area (Å²) in [5.74, 6) is 1.39. The van der Waals surface area contributed by atoms with Gasteiger partial charge in [-0.15, -0.1) is 0 Å². The molecule has 37 heavy (non-hydrogen) atoms. The number of rotatable bonds is 10. The smallest absolute Gasteiger partial charge is 0.225 e. The first-order valence-corrected chi connectivity index (χ1v) is 12.6. The number of hydrogen-bond acceptors (Lipinski definition) is 7. The lowest BCUT2D eigenvalue weighted by molar-refractivity contribution is -0.134. The van der Waals surface area contributed by atoms with E-state index in [0.717, 1.165) is 24.1 Å². The van der Waals surface area contributed by atoms with Crippen molar-refractivity contribution in [1.82, 2.24) is 9.88 Å². The predicted molar refractivity (Wildman–Crippen MR) is 141 cm³/mol. The Morgan fingerprint density at radius 1 is 1.27 bits per heavy atom. The minimum atomic E-state index is -0.262. The molecule has 0 unspecified atom stereocenters. The molecule has 2 amide bonds. The van der Waals surface area contributed by atoms with Crippen LogP contribution >= 0.6 is 0 Å². The Hall–Kier alpha value is -3.58. The van der Waals surface area contributed by atoms with Crippen LogP contribution in [0.1, 0.15) is 48.9 Å². The Kier molecular flexibility index (Phi) is 8.67. The van der Waals surface area contributed by atoms with Crippen molar-refractivity contribution in [2.24, 2.45) is 0 Å². The maximum Gasteiger partial charge on any atom is 0.225 e. The van der Waals surface area contributed by atoms with Gasteiger partial charge in [0.05, 0.1) is 32.1 Å². The summed E-state index contributed by atoms with van der Waals surface area (Å²) in [6.07, 6.45) is 2.35. The quantitative estimate of drug-likeness (QED) is 0.499. The van der Waals surface area contributed by atoms with Crippen molar-refractivity contribution in [2.45, 2.75) is 51.1 Å². The number of nitrogens with one attached hydrogen (secondary N) is 1. The number of aromatic nitrogens is 1. The van der Waals surface area contributed by atoms with Crippen LogP contribution in [0, 0.1) is 11.3 Å². The van der Waals surface area contributed by atoms with Crippen LogP contribution in [0.15, 0.2) is 30.3 Å². The highest BCUT2D eigenvalue weighted by Crippen LogP contribution is 2.45. The van der Waals surface area contributed by atoms with E-state index in [1.165, 1.54) is 0 Å². The molecule has 1 N–H and O–H groups in total. The van der Waals surface area contributed by atoms with Gasteiger partial charge in [0.2, 0.25) is 11.8 Å². The van der Waals surface area contributed by atoms with Crippen LogP contribution in [-0.4, -0.2) is 68.9 Å². The van der Waals surface area contributed by atoms with Gasteiger partial charge in [-0.2, -0.15) is 5.26 Å². The van der Waals surface area contributed by atoms with Crippen molar-refractivity contribution in [3.8, 4) is 11.8 Å². The summed E-state index contributed by atoms with van der Waals surface area (Å²) in [7, 11) is 6.98. The van der Waals surface area contributed by atoms with Crippen LogP contribution in [0.4, 0.5) is 11.5 Å². The number of carbonyl (C=O) groups excluding carboxylic acids is 2. The first-order valence-electron chi connectivity index (χ1n) is 12.6. The first-order chi connectivity index (χ1) is 17.9. The molecule has 2 heterocycles. The fraction of sp³-hybridized carbons (Fsp3) is 0.481. The average Bonchev–Trinajstić information content (AvgIpc) is 3.75. The SMILES string of the molecule is [B]CC(=O)Nc1cccc(COc2cc(C#N)c(N3CCN(C(=O)CCOC)[C@H](C)C3)nc2C2CC2)c1. The van der Waals surface area contributed by atoms with E-state index in [1.807, 2.05) is 30.0 Å². The molecular weight excluding hydrogens is 469 g/mol. The first kappa shape index (κ1) is 26.5. The second kappa shape index (κ2) is 12.1. The van der Waals surface area contributed by atoms with Crippen molar-refractivity contribution in [1.29, 1.82) is 5.26 Å². The topological polar surface area (TPSA) is 108 Å². The van der Waals surface area contributed by atoms with Crippen molar-refractivity contribution < 1.29 is 19.1 Å². The molecule has 0 bridgehead atoms. The lowest BCUT2D eigenvalue weighted by Crippen LogP contribution is -2.54. The number of anilines is 2. The number of carbonyl (C=O) groups is 2. The molecule has 1 saturated carbocycles. The average molecular weight is 501 g/mol.